The largest absolute Gasteiger partial charge is 1.00 e. The number of hydrogen-bond acceptors (Lipinski definition) is 0. The van der Waals surface area contributed by atoms with E-state index in [0.717, 1.165) is 13.1 Å². The topological polar surface area (TPSA) is 14.1 Å². The molecule has 0 amide bonds. The Bertz CT molecular complexity index is 76.4. The molecule has 0 aromatic carbocycles. The fourth-order valence-corrected chi connectivity index (χ4v) is 1.41. The average Bonchev–Trinajstić information content (AvgIpc) is 2.16. The Morgan fingerprint density at radius 3 is 1.43 bits per heavy atom. The molecule has 14 heavy (non-hydrogen) atoms. The van der Waals surface area contributed by atoms with E-state index >= 15 is 0 Å². The van der Waals surface area contributed by atoms with Crippen LogP contribution in [-0.2, 0) is 0 Å². The van der Waals surface area contributed by atoms with Crippen LogP contribution in [0.4, 0.5) is 0 Å². The Hall–Kier alpha value is 0.557. The Balaban J connectivity index is 0. The van der Waals surface area contributed by atoms with Gasteiger partial charge in [-0.2, -0.15) is 0 Å². The maximum atomic E-state index is 4.51. The van der Waals surface area contributed by atoms with Crippen LogP contribution in [0.5, 0.6) is 0 Å². The van der Waals surface area contributed by atoms with Gasteiger partial charge in [0, 0.05) is 0 Å². The molecule has 0 atom stereocenters. The van der Waals surface area contributed by atoms with Gasteiger partial charge in [0.05, 0.1) is 0 Å². The molecule has 0 bridgehead atoms. The summed E-state index contributed by atoms with van der Waals surface area (Å²) in [6.45, 7) is 6.71. The zero-order valence-corrected chi connectivity index (χ0v) is 10.5. The van der Waals surface area contributed by atoms with Crippen LogP contribution < -0.4 is 18.9 Å². The van der Waals surface area contributed by atoms with Crippen LogP contribution >= 0.6 is 0 Å². The van der Waals surface area contributed by atoms with Crippen molar-refractivity contribution in [3.8, 4) is 0 Å². The normalized spacial score (nSPS) is 9.86. The van der Waals surface area contributed by atoms with Crippen LogP contribution in [0.3, 0.4) is 0 Å². The van der Waals surface area contributed by atoms with E-state index in [1.807, 2.05) is 0 Å². The minimum absolute atomic E-state index is 0. The molecule has 0 radical (unpaired) electrons. The first-order valence-electron chi connectivity index (χ1n) is 6.05. The molecule has 0 rings (SSSR count). The van der Waals surface area contributed by atoms with Gasteiger partial charge >= 0.3 is 18.9 Å². The number of unbranched alkanes of at least 4 members (excludes halogenated alkanes) is 6. The van der Waals surface area contributed by atoms with Gasteiger partial charge in [0.2, 0.25) is 0 Å². The minimum atomic E-state index is 0. The van der Waals surface area contributed by atoms with Crippen molar-refractivity contribution in [3.05, 3.63) is 5.32 Å². The minimum Gasteiger partial charge on any atom is -0.662 e. The second kappa shape index (κ2) is 16.0. The van der Waals surface area contributed by atoms with Crippen molar-refractivity contribution in [1.29, 1.82) is 0 Å². The van der Waals surface area contributed by atoms with Gasteiger partial charge in [-0.3, -0.25) is 0 Å². The van der Waals surface area contributed by atoms with Crippen LogP contribution in [0.2, 0.25) is 0 Å². The Morgan fingerprint density at radius 1 is 0.643 bits per heavy atom. The van der Waals surface area contributed by atoms with Crippen molar-refractivity contribution in [3.63, 3.8) is 0 Å². The smallest absolute Gasteiger partial charge is 0.662 e. The average molecular weight is 191 g/mol. The maximum Gasteiger partial charge on any atom is 1.00 e. The van der Waals surface area contributed by atoms with E-state index in [1.54, 1.807) is 0 Å². The zero-order valence-electron chi connectivity index (χ0n) is 10.5. The van der Waals surface area contributed by atoms with Crippen molar-refractivity contribution >= 4 is 0 Å². The quantitative estimate of drug-likeness (QED) is 0.367. The molecular weight excluding hydrogens is 165 g/mol. The van der Waals surface area contributed by atoms with Gasteiger partial charge in [0.25, 0.3) is 0 Å². The van der Waals surface area contributed by atoms with Crippen molar-refractivity contribution < 1.29 is 18.9 Å². The summed E-state index contributed by atoms with van der Waals surface area (Å²) in [5.41, 5.74) is 0. The van der Waals surface area contributed by atoms with Crippen molar-refractivity contribution in [2.24, 2.45) is 0 Å². The summed E-state index contributed by atoms with van der Waals surface area (Å²) < 4.78 is 0. The predicted octanol–water partition coefficient (Wildman–Crippen LogP) is 1.52. The molecule has 2 heteroatoms. The number of rotatable bonds is 10. The van der Waals surface area contributed by atoms with Crippen molar-refractivity contribution in [1.82, 2.24) is 0 Å². The molecule has 0 aromatic heterocycles. The molecule has 0 saturated heterocycles. The molecule has 80 valence electrons. The van der Waals surface area contributed by atoms with Crippen molar-refractivity contribution in [2.45, 2.75) is 65.2 Å². The summed E-state index contributed by atoms with van der Waals surface area (Å²) in [5.74, 6) is 0. The van der Waals surface area contributed by atoms with Crippen LogP contribution in [0, 0.1) is 0 Å². The monoisotopic (exact) mass is 191 g/mol. The first-order chi connectivity index (χ1) is 6.41. The maximum absolute atomic E-state index is 4.51. The Morgan fingerprint density at radius 2 is 1.07 bits per heavy atom. The summed E-state index contributed by atoms with van der Waals surface area (Å²) in [5, 5.41) is 4.51. The Labute approximate surface area is 103 Å². The molecule has 0 aromatic rings. The zero-order chi connectivity index (χ0) is 9.78. The van der Waals surface area contributed by atoms with Gasteiger partial charge in [-0.1, -0.05) is 65.2 Å². The van der Waals surface area contributed by atoms with E-state index in [0.29, 0.717) is 0 Å². The number of hydrogen-bond donors (Lipinski definition) is 0. The summed E-state index contributed by atoms with van der Waals surface area (Å²) in [6.07, 6.45) is 10.8. The Kier molecular flexibility index (Phi) is 19.4. The van der Waals surface area contributed by atoms with E-state index in [2.05, 4.69) is 19.2 Å². The van der Waals surface area contributed by atoms with Gasteiger partial charge in [0.1, 0.15) is 0 Å². The first-order valence-corrected chi connectivity index (χ1v) is 6.05. The standard InChI is InChI=1S/C12H26N.Li/c1-3-5-7-9-11-13-12-10-8-6-4-2;/h3-12H2,1-2H3;/q-1;+1. The molecule has 0 fully saturated rings. The van der Waals surface area contributed by atoms with E-state index in [4.69, 9.17) is 0 Å². The molecule has 0 spiro atoms. The predicted molar refractivity (Wildman–Crippen MR) is 61.4 cm³/mol. The van der Waals surface area contributed by atoms with Gasteiger partial charge in [-0.25, -0.2) is 0 Å². The third-order valence-electron chi connectivity index (χ3n) is 2.34. The molecule has 0 aliphatic carbocycles. The molecule has 0 aliphatic heterocycles. The van der Waals surface area contributed by atoms with E-state index in [9.17, 15) is 0 Å². The molecule has 0 unspecified atom stereocenters. The second-order valence-electron chi connectivity index (χ2n) is 3.79. The summed E-state index contributed by atoms with van der Waals surface area (Å²) in [4.78, 5) is 0. The first kappa shape index (κ1) is 17.0. The third-order valence-corrected chi connectivity index (χ3v) is 2.34. The fraction of sp³-hybridized carbons (Fsp3) is 1.00. The summed E-state index contributed by atoms with van der Waals surface area (Å²) in [6, 6.07) is 0. The molecule has 1 nitrogen and oxygen atoms in total. The van der Waals surface area contributed by atoms with Gasteiger partial charge < -0.3 is 5.32 Å². The SMILES string of the molecule is CCCCCC[N-]CCCCCC.[Li+]. The molecule has 0 aliphatic rings. The summed E-state index contributed by atoms with van der Waals surface area (Å²) >= 11 is 0. The summed E-state index contributed by atoms with van der Waals surface area (Å²) in [7, 11) is 0. The second-order valence-corrected chi connectivity index (χ2v) is 3.79. The molecule has 0 saturated carbocycles. The molecule has 0 heterocycles. The van der Waals surface area contributed by atoms with Crippen molar-refractivity contribution in [2.75, 3.05) is 13.1 Å². The van der Waals surface area contributed by atoms with Gasteiger partial charge in [-0.05, 0) is 0 Å². The van der Waals surface area contributed by atoms with E-state index in [-0.39, 0.29) is 18.9 Å². The number of nitrogens with zero attached hydrogens (tertiary/aromatic N) is 1. The van der Waals surface area contributed by atoms with Crippen LogP contribution in [-0.4, -0.2) is 13.1 Å². The van der Waals surface area contributed by atoms with Gasteiger partial charge in [0.15, 0.2) is 0 Å². The van der Waals surface area contributed by atoms with Crippen LogP contribution in [0.1, 0.15) is 65.2 Å². The third kappa shape index (κ3) is 15.0. The molecule has 0 N–H and O–H groups in total. The van der Waals surface area contributed by atoms with Crippen LogP contribution in [0.25, 0.3) is 5.32 Å². The fourth-order valence-electron chi connectivity index (χ4n) is 1.41. The van der Waals surface area contributed by atoms with Gasteiger partial charge in [-0.15, -0.1) is 13.1 Å². The van der Waals surface area contributed by atoms with Crippen LogP contribution in [0.15, 0.2) is 0 Å². The van der Waals surface area contributed by atoms with E-state index in [1.165, 1.54) is 51.4 Å². The van der Waals surface area contributed by atoms with E-state index < -0.39 is 0 Å². The molecular formula is C12H26LiN.